The van der Waals surface area contributed by atoms with Crippen molar-refractivity contribution in [2.45, 2.75) is 5.92 Å². The Morgan fingerprint density at radius 1 is 1.33 bits per heavy atom. The second-order valence-electron chi connectivity index (χ2n) is 3.46. The molecular weight excluding hydrogens is 196 g/mol. The van der Waals surface area contributed by atoms with Crippen molar-refractivity contribution in [2.75, 3.05) is 6.61 Å². The Balaban J connectivity index is 2.30. The van der Waals surface area contributed by atoms with E-state index in [1.165, 1.54) is 0 Å². The molecule has 15 heavy (non-hydrogen) atoms. The second kappa shape index (κ2) is 3.73. The highest BCUT2D eigenvalue weighted by atomic mass is 16.5. The third-order valence-corrected chi connectivity index (χ3v) is 2.56. The van der Waals surface area contributed by atoms with E-state index in [0.29, 0.717) is 0 Å². The number of cyclic esters (lactones) is 1. The average molecular weight is 206 g/mol. The predicted molar refractivity (Wildman–Crippen MR) is 51.3 cm³/mol. The van der Waals surface area contributed by atoms with Crippen LogP contribution in [-0.4, -0.2) is 23.7 Å². The lowest BCUT2D eigenvalue weighted by molar-refractivity contribution is -0.152. The quantitative estimate of drug-likeness (QED) is 0.579. The number of carboxylic acid groups (broad SMARTS) is 1. The van der Waals surface area contributed by atoms with Crippen molar-refractivity contribution in [1.82, 2.24) is 0 Å². The number of esters is 1. The predicted octanol–water partition coefficient (Wildman–Crippen LogP) is 1.03. The molecular formula is C11H10O4. The molecule has 0 radical (unpaired) electrons. The summed E-state index contributed by atoms with van der Waals surface area (Å²) in [5.41, 5.74) is 0.829. The number of carboxylic acids is 1. The molecule has 1 aromatic rings. The van der Waals surface area contributed by atoms with Gasteiger partial charge in [0.1, 0.15) is 0 Å². The van der Waals surface area contributed by atoms with Crippen molar-refractivity contribution in [1.29, 1.82) is 0 Å². The zero-order valence-corrected chi connectivity index (χ0v) is 7.92. The van der Waals surface area contributed by atoms with Gasteiger partial charge >= 0.3 is 11.9 Å². The van der Waals surface area contributed by atoms with Gasteiger partial charge in [0.25, 0.3) is 0 Å². The fraction of sp³-hybridized carbons (Fsp3) is 0.273. The summed E-state index contributed by atoms with van der Waals surface area (Å²) in [7, 11) is 0. The van der Waals surface area contributed by atoms with E-state index in [4.69, 9.17) is 9.84 Å². The highest BCUT2D eigenvalue weighted by Crippen LogP contribution is 2.31. The van der Waals surface area contributed by atoms with Crippen molar-refractivity contribution in [3.63, 3.8) is 0 Å². The molecule has 0 amide bonds. The van der Waals surface area contributed by atoms with E-state index in [2.05, 4.69) is 0 Å². The molecule has 1 aliphatic heterocycles. The Morgan fingerprint density at radius 2 is 2.00 bits per heavy atom. The van der Waals surface area contributed by atoms with E-state index < -0.39 is 17.9 Å². The normalized spacial score (nSPS) is 24.9. The minimum Gasteiger partial charge on any atom is -0.481 e. The van der Waals surface area contributed by atoms with Gasteiger partial charge in [-0.25, -0.2) is 0 Å². The van der Waals surface area contributed by atoms with E-state index in [9.17, 15) is 9.59 Å². The molecule has 78 valence electrons. The van der Waals surface area contributed by atoms with Crippen LogP contribution in [0.3, 0.4) is 0 Å². The van der Waals surface area contributed by atoms with Gasteiger partial charge in [-0.15, -0.1) is 0 Å². The summed E-state index contributed by atoms with van der Waals surface area (Å²) >= 11 is 0. The standard InChI is InChI=1S/C11H10O4/c12-10(13)9-8(6-15-11(9)14)7-4-2-1-3-5-7/h1-5,8-9H,6H2,(H,12,13). The van der Waals surface area contributed by atoms with Gasteiger partial charge in [0.15, 0.2) is 5.92 Å². The molecule has 1 N–H and O–H groups in total. The Morgan fingerprint density at radius 3 is 2.60 bits per heavy atom. The number of carbonyl (C=O) groups excluding carboxylic acids is 1. The third kappa shape index (κ3) is 1.70. The van der Waals surface area contributed by atoms with Crippen LogP contribution in [0.15, 0.2) is 30.3 Å². The molecule has 1 aliphatic rings. The second-order valence-corrected chi connectivity index (χ2v) is 3.46. The van der Waals surface area contributed by atoms with Gasteiger partial charge in [0.05, 0.1) is 6.61 Å². The summed E-state index contributed by atoms with van der Waals surface area (Å²) < 4.78 is 4.77. The van der Waals surface area contributed by atoms with Crippen LogP contribution in [-0.2, 0) is 14.3 Å². The summed E-state index contributed by atoms with van der Waals surface area (Å²) in [6.45, 7) is 0.153. The summed E-state index contributed by atoms with van der Waals surface area (Å²) in [4.78, 5) is 22.1. The zero-order valence-electron chi connectivity index (χ0n) is 7.92. The molecule has 4 nitrogen and oxygen atoms in total. The number of aliphatic carboxylic acids is 1. The van der Waals surface area contributed by atoms with Gasteiger partial charge in [-0.1, -0.05) is 30.3 Å². The first-order chi connectivity index (χ1) is 7.20. The smallest absolute Gasteiger partial charge is 0.321 e. The van der Waals surface area contributed by atoms with Crippen LogP contribution in [0.1, 0.15) is 11.5 Å². The zero-order chi connectivity index (χ0) is 10.8. The molecule has 4 heteroatoms. The molecule has 0 spiro atoms. The molecule has 0 bridgehead atoms. The fourth-order valence-electron chi connectivity index (χ4n) is 1.78. The van der Waals surface area contributed by atoms with Crippen LogP contribution in [0.25, 0.3) is 0 Å². The Labute approximate surface area is 86.5 Å². The van der Waals surface area contributed by atoms with Gasteiger partial charge in [-0.05, 0) is 5.56 Å². The highest BCUT2D eigenvalue weighted by molar-refractivity contribution is 5.96. The first-order valence-corrected chi connectivity index (χ1v) is 4.64. The fourth-order valence-corrected chi connectivity index (χ4v) is 1.78. The van der Waals surface area contributed by atoms with E-state index in [1.54, 1.807) is 0 Å². The molecule has 1 saturated heterocycles. The van der Waals surface area contributed by atoms with E-state index >= 15 is 0 Å². The minimum absolute atomic E-state index is 0.153. The lowest BCUT2D eigenvalue weighted by atomic mass is 9.89. The Bertz CT molecular complexity index is 385. The Hall–Kier alpha value is -1.84. The molecule has 2 unspecified atom stereocenters. The van der Waals surface area contributed by atoms with Gasteiger partial charge in [0, 0.05) is 5.92 Å². The van der Waals surface area contributed by atoms with Gasteiger partial charge in [-0.2, -0.15) is 0 Å². The van der Waals surface area contributed by atoms with Crippen LogP contribution in [0.5, 0.6) is 0 Å². The molecule has 1 fully saturated rings. The maximum atomic E-state index is 11.2. The van der Waals surface area contributed by atoms with Crippen molar-refractivity contribution >= 4 is 11.9 Å². The largest absolute Gasteiger partial charge is 0.481 e. The average Bonchev–Trinajstić information content (AvgIpc) is 2.61. The third-order valence-electron chi connectivity index (χ3n) is 2.56. The van der Waals surface area contributed by atoms with Crippen LogP contribution < -0.4 is 0 Å². The number of carbonyl (C=O) groups is 2. The maximum absolute atomic E-state index is 11.2. The van der Waals surface area contributed by atoms with Gasteiger partial charge < -0.3 is 9.84 Å². The van der Waals surface area contributed by atoms with Crippen molar-refractivity contribution in [2.24, 2.45) is 5.92 Å². The van der Waals surface area contributed by atoms with E-state index in [-0.39, 0.29) is 12.5 Å². The van der Waals surface area contributed by atoms with Crippen LogP contribution >= 0.6 is 0 Å². The first kappa shape index (κ1) is 9.71. The van der Waals surface area contributed by atoms with E-state index in [0.717, 1.165) is 5.56 Å². The lowest BCUT2D eigenvalue weighted by Crippen LogP contribution is -2.24. The van der Waals surface area contributed by atoms with Crippen molar-refractivity contribution in [3.8, 4) is 0 Å². The number of hydrogen-bond acceptors (Lipinski definition) is 3. The molecule has 2 rings (SSSR count). The number of benzene rings is 1. The SMILES string of the molecule is O=C(O)C1C(=O)OCC1c1ccccc1. The van der Waals surface area contributed by atoms with Crippen molar-refractivity contribution < 1.29 is 19.4 Å². The summed E-state index contributed by atoms with van der Waals surface area (Å²) in [6, 6.07) is 9.09. The van der Waals surface area contributed by atoms with Crippen LogP contribution in [0.4, 0.5) is 0 Å². The molecule has 0 aliphatic carbocycles. The molecule has 1 aromatic carbocycles. The lowest BCUT2D eigenvalue weighted by Gasteiger charge is -2.10. The Kier molecular flexibility index (Phi) is 2.41. The van der Waals surface area contributed by atoms with Crippen LogP contribution in [0.2, 0.25) is 0 Å². The maximum Gasteiger partial charge on any atom is 0.321 e. The molecule has 0 aromatic heterocycles. The summed E-state index contributed by atoms with van der Waals surface area (Å²) in [5, 5.41) is 8.91. The topological polar surface area (TPSA) is 63.6 Å². The monoisotopic (exact) mass is 206 g/mol. The summed E-state index contributed by atoms with van der Waals surface area (Å²) in [5.74, 6) is -3.19. The minimum atomic E-state index is -1.12. The molecule has 2 atom stereocenters. The van der Waals surface area contributed by atoms with Crippen molar-refractivity contribution in [3.05, 3.63) is 35.9 Å². The van der Waals surface area contributed by atoms with Gasteiger partial charge in [0.2, 0.25) is 0 Å². The van der Waals surface area contributed by atoms with Crippen LogP contribution in [0, 0.1) is 5.92 Å². The number of rotatable bonds is 2. The summed E-state index contributed by atoms with van der Waals surface area (Å²) in [6.07, 6.45) is 0. The van der Waals surface area contributed by atoms with Gasteiger partial charge in [-0.3, -0.25) is 9.59 Å². The highest BCUT2D eigenvalue weighted by Gasteiger charge is 2.43. The number of ether oxygens (including phenoxy) is 1. The number of hydrogen-bond donors (Lipinski definition) is 1. The molecule has 1 heterocycles. The van der Waals surface area contributed by atoms with E-state index in [1.807, 2.05) is 30.3 Å². The molecule has 0 saturated carbocycles. The first-order valence-electron chi connectivity index (χ1n) is 4.64.